The molecule has 0 amide bonds. The molecule has 6 heteroatoms. The van der Waals surface area contributed by atoms with Crippen LogP contribution < -0.4 is 5.32 Å². The first-order valence-corrected chi connectivity index (χ1v) is 9.37. The molecular formula is C14H18N2O2S2. The van der Waals surface area contributed by atoms with E-state index in [1.165, 1.54) is 42.9 Å². The zero-order chi connectivity index (χ0) is 14.4. The Hall–Kier alpha value is -1.03. The summed E-state index contributed by atoms with van der Waals surface area (Å²) in [7, 11) is -3.26. The molecule has 1 unspecified atom stereocenters. The number of rotatable bonds is 6. The van der Waals surface area contributed by atoms with E-state index in [9.17, 15) is 8.42 Å². The van der Waals surface area contributed by atoms with Crippen LogP contribution in [0.4, 0.5) is 0 Å². The number of hydrogen-bond acceptors (Lipinski definition) is 5. The zero-order valence-electron chi connectivity index (χ0n) is 11.2. The van der Waals surface area contributed by atoms with Crippen molar-refractivity contribution in [3.63, 3.8) is 0 Å². The molecule has 1 aromatic rings. The number of nitriles is 1. The van der Waals surface area contributed by atoms with E-state index in [0.29, 0.717) is 17.4 Å². The lowest BCUT2D eigenvalue weighted by Gasteiger charge is -2.10. The number of thioether (sulfide) groups is 1. The normalized spacial score (nSPS) is 18.9. The SMILES string of the molecule is N#Cc1ccc(S(=O)(=O)CCNCC2CCCS2)cc1. The molecule has 1 aliphatic rings. The van der Waals surface area contributed by atoms with Crippen molar-refractivity contribution in [1.29, 1.82) is 5.26 Å². The Morgan fingerprint density at radius 1 is 1.35 bits per heavy atom. The fourth-order valence-electron chi connectivity index (χ4n) is 2.13. The Morgan fingerprint density at radius 3 is 2.70 bits per heavy atom. The van der Waals surface area contributed by atoms with Gasteiger partial charge in [0.15, 0.2) is 9.84 Å². The lowest BCUT2D eigenvalue weighted by molar-refractivity contribution is 0.589. The van der Waals surface area contributed by atoms with Crippen LogP contribution in [0.15, 0.2) is 29.2 Å². The van der Waals surface area contributed by atoms with Crippen molar-refractivity contribution < 1.29 is 8.42 Å². The summed E-state index contributed by atoms with van der Waals surface area (Å²) in [4.78, 5) is 0.286. The maximum absolute atomic E-state index is 12.1. The minimum atomic E-state index is -3.26. The molecule has 0 spiro atoms. The molecule has 0 radical (unpaired) electrons. The van der Waals surface area contributed by atoms with Gasteiger partial charge in [0.2, 0.25) is 0 Å². The summed E-state index contributed by atoms with van der Waals surface area (Å²) in [6, 6.07) is 8.06. The predicted octanol–water partition coefficient (Wildman–Crippen LogP) is 1.82. The van der Waals surface area contributed by atoms with E-state index in [-0.39, 0.29) is 10.6 Å². The Bertz CT molecular complexity index is 570. The summed E-state index contributed by atoms with van der Waals surface area (Å²) < 4.78 is 24.2. The largest absolute Gasteiger partial charge is 0.315 e. The van der Waals surface area contributed by atoms with Crippen molar-refractivity contribution in [2.75, 3.05) is 24.6 Å². The number of sulfone groups is 1. The Morgan fingerprint density at radius 2 is 2.10 bits per heavy atom. The molecular weight excluding hydrogens is 292 g/mol. The van der Waals surface area contributed by atoms with Crippen molar-refractivity contribution >= 4 is 21.6 Å². The zero-order valence-corrected chi connectivity index (χ0v) is 12.8. The first-order valence-electron chi connectivity index (χ1n) is 6.67. The summed E-state index contributed by atoms with van der Waals surface area (Å²) in [5.41, 5.74) is 0.473. The van der Waals surface area contributed by atoms with E-state index in [2.05, 4.69) is 5.32 Å². The van der Waals surface area contributed by atoms with Crippen molar-refractivity contribution in [3.8, 4) is 6.07 Å². The highest BCUT2D eigenvalue weighted by Crippen LogP contribution is 2.25. The fraction of sp³-hybridized carbons (Fsp3) is 0.500. The van der Waals surface area contributed by atoms with Gasteiger partial charge < -0.3 is 5.32 Å². The van der Waals surface area contributed by atoms with E-state index < -0.39 is 9.84 Å². The van der Waals surface area contributed by atoms with Crippen molar-refractivity contribution in [2.45, 2.75) is 23.0 Å². The molecule has 0 aliphatic carbocycles. The molecule has 1 saturated heterocycles. The van der Waals surface area contributed by atoms with Crippen molar-refractivity contribution in [2.24, 2.45) is 0 Å². The smallest absolute Gasteiger partial charge is 0.179 e. The molecule has 4 nitrogen and oxygen atoms in total. The minimum Gasteiger partial charge on any atom is -0.315 e. The van der Waals surface area contributed by atoms with Crippen LogP contribution in [0.2, 0.25) is 0 Å². The summed E-state index contributed by atoms with van der Waals surface area (Å²) in [5, 5.41) is 12.6. The maximum Gasteiger partial charge on any atom is 0.179 e. The van der Waals surface area contributed by atoms with Gasteiger partial charge in [-0.2, -0.15) is 17.0 Å². The molecule has 0 saturated carbocycles. The standard InChI is InChI=1S/C14H18N2O2S2/c15-10-12-3-5-14(6-4-12)20(17,18)9-7-16-11-13-2-1-8-19-13/h3-6,13,16H,1-2,7-9,11H2. The van der Waals surface area contributed by atoms with Crippen LogP contribution in [-0.2, 0) is 9.84 Å². The first-order chi connectivity index (χ1) is 9.62. The summed E-state index contributed by atoms with van der Waals surface area (Å²) >= 11 is 1.96. The second-order valence-corrected chi connectivity index (χ2v) is 8.31. The van der Waals surface area contributed by atoms with Crippen LogP contribution in [0.25, 0.3) is 0 Å². The molecule has 1 aliphatic heterocycles. The third kappa shape index (κ3) is 4.23. The maximum atomic E-state index is 12.1. The Balaban J connectivity index is 1.82. The summed E-state index contributed by atoms with van der Waals surface area (Å²) in [6.07, 6.45) is 2.49. The molecule has 1 N–H and O–H groups in total. The van der Waals surface area contributed by atoms with Crippen LogP contribution in [0.1, 0.15) is 18.4 Å². The van der Waals surface area contributed by atoms with Crippen LogP contribution in [0, 0.1) is 11.3 Å². The summed E-state index contributed by atoms with van der Waals surface area (Å²) in [5.74, 6) is 1.31. The van der Waals surface area contributed by atoms with Crippen molar-refractivity contribution in [1.82, 2.24) is 5.32 Å². The quantitative estimate of drug-likeness (QED) is 0.812. The van der Waals surface area contributed by atoms with Crippen LogP contribution >= 0.6 is 11.8 Å². The predicted molar refractivity (Wildman–Crippen MR) is 81.6 cm³/mol. The van der Waals surface area contributed by atoms with Gasteiger partial charge >= 0.3 is 0 Å². The van der Waals surface area contributed by atoms with Crippen LogP contribution in [0.3, 0.4) is 0 Å². The van der Waals surface area contributed by atoms with E-state index in [1.807, 2.05) is 17.8 Å². The summed E-state index contributed by atoms with van der Waals surface area (Å²) in [6.45, 7) is 1.35. The van der Waals surface area contributed by atoms with Crippen LogP contribution in [0.5, 0.6) is 0 Å². The average molecular weight is 310 g/mol. The minimum absolute atomic E-state index is 0.0935. The molecule has 1 atom stereocenters. The average Bonchev–Trinajstić information content (AvgIpc) is 2.97. The molecule has 108 valence electrons. The Kier molecular flexibility index (Phi) is 5.46. The van der Waals surface area contributed by atoms with E-state index >= 15 is 0 Å². The van der Waals surface area contributed by atoms with E-state index in [4.69, 9.17) is 5.26 Å². The highest BCUT2D eigenvalue weighted by molar-refractivity contribution is 8.00. The topological polar surface area (TPSA) is 70.0 Å². The van der Waals surface area contributed by atoms with E-state index in [1.54, 1.807) is 0 Å². The Labute approximate surface area is 124 Å². The molecule has 1 fully saturated rings. The number of nitrogens with one attached hydrogen (secondary N) is 1. The third-order valence-electron chi connectivity index (χ3n) is 3.29. The molecule has 0 aromatic heterocycles. The number of benzene rings is 1. The van der Waals surface area contributed by atoms with Gasteiger partial charge in [0.05, 0.1) is 22.3 Å². The van der Waals surface area contributed by atoms with Crippen molar-refractivity contribution in [3.05, 3.63) is 29.8 Å². The van der Waals surface area contributed by atoms with Crippen LogP contribution in [-0.4, -0.2) is 38.3 Å². The second kappa shape index (κ2) is 7.11. The molecule has 1 aromatic carbocycles. The number of nitrogens with zero attached hydrogens (tertiary/aromatic N) is 1. The second-order valence-electron chi connectivity index (χ2n) is 4.79. The van der Waals surface area contributed by atoms with Gasteiger partial charge in [0.25, 0.3) is 0 Å². The van der Waals surface area contributed by atoms with Gasteiger partial charge in [0, 0.05) is 18.3 Å². The van der Waals surface area contributed by atoms with Gasteiger partial charge in [-0.25, -0.2) is 8.42 Å². The molecule has 1 heterocycles. The lowest BCUT2D eigenvalue weighted by Crippen LogP contribution is -2.28. The van der Waals surface area contributed by atoms with Gasteiger partial charge in [-0.1, -0.05) is 0 Å². The first kappa shape index (κ1) is 15.4. The van der Waals surface area contributed by atoms with Gasteiger partial charge in [-0.05, 0) is 42.9 Å². The molecule has 2 rings (SSSR count). The van der Waals surface area contributed by atoms with E-state index in [0.717, 1.165) is 6.54 Å². The molecule has 20 heavy (non-hydrogen) atoms. The third-order valence-corrected chi connectivity index (χ3v) is 6.42. The van der Waals surface area contributed by atoms with Gasteiger partial charge in [-0.3, -0.25) is 0 Å². The lowest BCUT2D eigenvalue weighted by atomic mass is 10.2. The fourth-order valence-corrected chi connectivity index (χ4v) is 4.56. The highest BCUT2D eigenvalue weighted by atomic mass is 32.2. The number of hydrogen-bond donors (Lipinski definition) is 1. The van der Waals surface area contributed by atoms with Gasteiger partial charge in [-0.15, -0.1) is 0 Å². The monoisotopic (exact) mass is 310 g/mol. The molecule has 0 bridgehead atoms. The van der Waals surface area contributed by atoms with Gasteiger partial charge in [0.1, 0.15) is 0 Å². The highest BCUT2D eigenvalue weighted by Gasteiger charge is 2.16.